The van der Waals surface area contributed by atoms with Crippen LogP contribution in [-0.2, 0) is 9.59 Å². The number of carbonyl (C=O) groups is 2. The Bertz CT molecular complexity index is 238. The fraction of sp³-hybridized carbons (Fsp3) is 0.636. The third-order valence-corrected chi connectivity index (χ3v) is 2.30. The van der Waals surface area contributed by atoms with E-state index in [-0.39, 0.29) is 18.0 Å². The molecule has 0 radical (unpaired) electrons. The van der Waals surface area contributed by atoms with Crippen molar-refractivity contribution in [3.05, 3.63) is 11.6 Å². The van der Waals surface area contributed by atoms with E-state index in [0.717, 1.165) is 31.3 Å². The van der Waals surface area contributed by atoms with E-state index in [1.165, 1.54) is 0 Å². The first-order valence-corrected chi connectivity index (χ1v) is 4.98. The van der Waals surface area contributed by atoms with Crippen molar-refractivity contribution >= 4 is 11.6 Å². The van der Waals surface area contributed by atoms with Crippen LogP contribution in [0.1, 0.15) is 45.4 Å². The van der Waals surface area contributed by atoms with Crippen molar-refractivity contribution < 1.29 is 9.59 Å². The van der Waals surface area contributed by atoms with Crippen LogP contribution in [0.3, 0.4) is 0 Å². The van der Waals surface area contributed by atoms with E-state index in [0.29, 0.717) is 6.42 Å². The zero-order chi connectivity index (χ0) is 9.68. The lowest BCUT2D eigenvalue weighted by molar-refractivity contribution is -0.124. The Kier molecular flexibility index (Phi) is 3.87. The molecule has 1 aliphatic rings. The van der Waals surface area contributed by atoms with Gasteiger partial charge in [0, 0.05) is 6.42 Å². The third kappa shape index (κ3) is 3.13. The molecular formula is C11H16O2. The van der Waals surface area contributed by atoms with Crippen LogP contribution in [0.25, 0.3) is 0 Å². The molecule has 0 aromatic carbocycles. The second-order valence-corrected chi connectivity index (χ2v) is 3.51. The van der Waals surface area contributed by atoms with E-state index in [2.05, 4.69) is 6.92 Å². The number of hydrogen-bond donors (Lipinski definition) is 0. The SMILES string of the molecule is CCC/C=C1\CCCC(=O)CC1=O. The first kappa shape index (κ1) is 10.2. The summed E-state index contributed by atoms with van der Waals surface area (Å²) in [5, 5.41) is 0. The summed E-state index contributed by atoms with van der Waals surface area (Å²) in [4.78, 5) is 22.5. The van der Waals surface area contributed by atoms with E-state index < -0.39 is 0 Å². The van der Waals surface area contributed by atoms with E-state index in [1.54, 1.807) is 0 Å². The van der Waals surface area contributed by atoms with Gasteiger partial charge in [0.15, 0.2) is 5.78 Å². The first-order chi connectivity index (χ1) is 6.24. The van der Waals surface area contributed by atoms with Crippen molar-refractivity contribution in [3.8, 4) is 0 Å². The minimum atomic E-state index is 0.0518. The van der Waals surface area contributed by atoms with Gasteiger partial charge in [-0.1, -0.05) is 19.4 Å². The topological polar surface area (TPSA) is 34.1 Å². The van der Waals surface area contributed by atoms with Crippen LogP contribution in [0.4, 0.5) is 0 Å². The summed E-state index contributed by atoms with van der Waals surface area (Å²) >= 11 is 0. The minimum absolute atomic E-state index is 0.0518. The predicted molar refractivity (Wildman–Crippen MR) is 51.5 cm³/mol. The van der Waals surface area contributed by atoms with Gasteiger partial charge in [-0.2, -0.15) is 0 Å². The van der Waals surface area contributed by atoms with Crippen LogP contribution < -0.4 is 0 Å². The zero-order valence-corrected chi connectivity index (χ0v) is 8.14. The first-order valence-electron chi connectivity index (χ1n) is 4.98. The fourth-order valence-electron chi connectivity index (χ4n) is 1.53. The van der Waals surface area contributed by atoms with Crippen molar-refractivity contribution in [2.24, 2.45) is 0 Å². The Labute approximate surface area is 79.0 Å². The van der Waals surface area contributed by atoms with Gasteiger partial charge in [-0.05, 0) is 24.8 Å². The van der Waals surface area contributed by atoms with E-state index in [1.807, 2.05) is 6.08 Å². The van der Waals surface area contributed by atoms with Crippen LogP contribution in [0.15, 0.2) is 11.6 Å². The molecule has 0 N–H and O–H groups in total. The molecular weight excluding hydrogens is 164 g/mol. The van der Waals surface area contributed by atoms with Gasteiger partial charge in [0.05, 0.1) is 6.42 Å². The molecule has 72 valence electrons. The molecule has 0 aliphatic heterocycles. The molecule has 0 atom stereocenters. The highest BCUT2D eigenvalue weighted by molar-refractivity contribution is 6.08. The summed E-state index contributed by atoms with van der Waals surface area (Å²) in [5.74, 6) is 0.154. The molecule has 0 bridgehead atoms. The molecule has 0 aromatic heterocycles. The maximum atomic E-state index is 11.4. The van der Waals surface area contributed by atoms with Gasteiger partial charge in [-0.15, -0.1) is 0 Å². The molecule has 0 aromatic rings. The minimum Gasteiger partial charge on any atom is -0.299 e. The summed E-state index contributed by atoms with van der Waals surface area (Å²) in [6.07, 6.45) is 6.37. The van der Waals surface area contributed by atoms with Crippen molar-refractivity contribution in [3.63, 3.8) is 0 Å². The van der Waals surface area contributed by atoms with Crippen LogP contribution in [0, 0.1) is 0 Å². The van der Waals surface area contributed by atoms with Crippen molar-refractivity contribution in [1.29, 1.82) is 0 Å². The van der Waals surface area contributed by atoms with E-state index in [4.69, 9.17) is 0 Å². The monoisotopic (exact) mass is 180 g/mol. The Morgan fingerprint density at radius 3 is 2.77 bits per heavy atom. The maximum absolute atomic E-state index is 11.4. The van der Waals surface area contributed by atoms with Gasteiger partial charge < -0.3 is 0 Å². The fourth-order valence-corrected chi connectivity index (χ4v) is 1.53. The van der Waals surface area contributed by atoms with Gasteiger partial charge >= 0.3 is 0 Å². The predicted octanol–water partition coefficient (Wildman–Crippen LogP) is 2.43. The molecule has 1 fully saturated rings. The van der Waals surface area contributed by atoms with Gasteiger partial charge in [-0.25, -0.2) is 0 Å². The molecule has 2 heteroatoms. The Morgan fingerprint density at radius 1 is 1.31 bits per heavy atom. The molecule has 0 spiro atoms. The Balaban J connectivity index is 2.63. The summed E-state index contributed by atoms with van der Waals surface area (Å²) in [5.41, 5.74) is 0.882. The third-order valence-electron chi connectivity index (χ3n) is 2.30. The second-order valence-electron chi connectivity index (χ2n) is 3.51. The van der Waals surface area contributed by atoms with Crippen molar-refractivity contribution in [2.45, 2.75) is 45.4 Å². The number of hydrogen-bond acceptors (Lipinski definition) is 2. The lowest BCUT2D eigenvalue weighted by Crippen LogP contribution is -2.05. The van der Waals surface area contributed by atoms with Crippen molar-refractivity contribution in [1.82, 2.24) is 0 Å². The number of allylic oxidation sites excluding steroid dienone is 2. The van der Waals surface area contributed by atoms with Gasteiger partial charge in [0.2, 0.25) is 0 Å². The van der Waals surface area contributed by atoms with E-state index in [9.17, 15) is 9.59 Å². The Hall–Kier alpha value is -0.920. The number of carbonyl (C=O) groups excluding carboxylic acids is 2. The molecule has 2 nitrogen and oxygen atoms in total. The second kappa shape index (κ2) is 4.95. The lowest BCUT2D eigenvalue weighted by Gasteiger charge is -1.99. The highest BCUT2D eigenvalue weighted by Crippen LogP contribution is 2.17. The quantitative estimate of drug-likeness (QED) is 0.371. The maximum Gasteiger partial charge on any atom is 0.165 e. The highest BCUT2D eigenvalue weighted by Gasteiger charge is 2.17. The lowest BCUT2D eigenvalue weighted by atomic mass is 10.0. The number of unbranched alkanes of at least 4 members (excludes halogenated alkanes) is 1. The van der Waals surface area contributed by atoms with Gasteiger partial charge in [0.25, 0.3) is 0 Å². The van der Waals surface area contributed by atoms with Crippen LogP contribution >= 0.6 is 0 Å². The molecule has 0 unspecified atom stereocenters. The molecule has 0 heterocycles. The zero-order valence-electron chi connectivity index (χ0n) is 8.14. The van der Waals surface area contributed by atoms with Crippen LogP contribution in [0.2, 0.25) is 0 Å². The van der Waals surface area contributed by atoms with Crippen molar-refractivity contribution in [2.75, 3.05) is 0 Å². The largest absolute Gasteiger partial charge is 0.299 e. The Morgan fingerprint density at radius 2 is 2.08 bits per heavy atom. The number of ketones is 2. The molecule has 0 amide bonds. The summed E-state index contributed by atoms with van der Waals surface area (Å²) < 4.78 is 0. The van der Waals surface area contributed by atoms with Crippen LogP contribution in [-0.4, -0.2) is 11.6 Å². The van der Waals surface area contributed by atoms with Gasteiger partial charge in [0.1, 0.15) is 5.78 Å². The summed E-state index contributed by atoms with van der Waals surface area (Å²) in [6.45, 7) is 2.09. The molecule has 13 heavy (non-hydrogen) atoms. The van der Waals surface area contributed by atoms with E-state index >= 15 is 0 Å². The number of Topliss-reactive ketones (excluding diaryl/α,β-unsaturated/α-hetero) is 2. The average Bonchev–Trinajstić information content (AvgIpc) is 2.24. The van der Waals surface area contributed by atoms with Crippen LogP contribution in [0.5, 0.6) is 0 Å². The molecule has 0 saturated heterocycles. The molecule has 1 aliphatic carbocycles. The van der Waals surface area contributed by atoms with Gasteiger partial charge in [-0.3, -0.25) is 9.59 Å². The average molecular weight is 180 g/mol. The number of rotatable bonds is 2. The summed E-state index contributed by atoms with van der Waals surface area (Å²) in [6, 6.07) is 0. The normalized spacial score (nSPS) is 22.1. The highest BCUT2D eigenvalue weighted by atomic mass is 16.1. The summed E-state index contributed by atoms with van der Waals surface area (Å²) in [7, 11) is 0. The smallest absolute Gasteiger partial charge is 0.165 e. The molecule has 1 saturated carbocycles. The molecule has 1 rings (SSSR count). The standard InChI is InChI=1S/C11H16O2/c1-2-3-5-9-6-4-7-10(12)8-11(9)13/h5H,2-4,6-8H2,1H3/b9-5+.